The van der Waals surface area contributed by atoms with Crippen LogP contribution in [0.4, 0.5) is 8.78 Å². The maximum atomic E-state index is 13.6. The Hall–Kier alpha value is -2.37. The molecule has 2 aromatic rings. The van der Waals surface area contributed by atoms with Crippen LogP contribution in [0.5, 0.6) is 0 Å². The molecule has 4 nitrogen and oxygen atoms in total. The molecule has 0 amide bonds. The summed E-state index contributed by atoms with van der Waals surface area (Å²) in [5.74, 6) is -1.56. The lowest BCUT2D eigenvalue weighted by atomic mass is 9.62. The van der Waals surface area contributed by atoms with Crippen molar-refractivity contribution < 1.29 is 18.3 Å². The minimum atomic E-state index is -0.844. The Labute approximate surface area is 138 Å². The number of carbonyl (C=O) groups is 1. The Morgan fingerprint density at radius 2 is 1.92 bits per heavy atom. The van der Waals surface area contributed by atoms with E-state index < -0.39 is 17.6 Å². The van der Waals surface area contributed by atoms with E-state index in [1.807, 2.05) is 0 Å². The predicted molar refractivity (Wildman–Crippen MR) is 83.6 cm³/mol. The minimum Gasteiger partial charge on any atom is -0.462 e. The van der Waals surface area contributed by atoms with E-state index in [1.54, 1.807) is 13.0 Å². The highest BCUT2D eigenvalue weighted by Crippen LogP contribution is 2.46. The van der Waals surface area contributed by atoms with Crippen LogP contribution in [0.3, 0.4) is 0 Å². The molecular weight excluding hydrogens is 314 g/mol. The lowest BCUT2D eigenvalue weighted by Gasteiger charge is -2.42. The first kappa shape index (κ1) is 16.5. The van der Waals surface area contributed by atoms with E-state index in [0.29, 0.717) is 24.4 Å². The molecule has 1 saturated carbocycles. The molecule has 1 aromatic carbocycles. The number of hydrogen-bond acceptors (Lipinski definition) is 4. The summed E-state index contributed by atoms with van der Waals surface area (Å²) in [4.78, 5) is 20.1. The first-order valence-corrected chi connectivity index (χ1v) is 7.98. The van der Waals surface area contributed by atoms with Gasteiger partial charge < -0.3 is 4.74 Å². The summed E-state index contributed by atoms with van der Waals surface area (Å²) >= 11 is 0. The summed E-state index contributed by atoms with van der Waals surface area (Å²) < 4.78 is 31.6. The first-order valence-electron chi connectivity index (χ1n) is 7.98. The molecule has 0 aliphatic heterocycles. The molecule has 0 radical (unpaired) electrons. The van der Waals surface area contributed by atoms with Crippen LogP contribution in [-0.4, -0.2) is 22.5 Å². The average molecular weight is 332 g/mol. The number of aromatic nitrogens is 2. The molecule has 1 aliphatic rings. The van der Waals surface area contributed by atoms with Crippen LogP contribution in [0.15, 0.2) is 30.6 Å². The van der Waals surface area contributed by atoms with E-state index in [4.69, 9.17) is 4.74 Å². The largest absolute Gasteiger partial charge is 0.462 e. The second kappa shape index (κ2) is 6.63. The van der Waals surface area contributed by atoms with Gasteiger partial charge in [0.05, 0.1) is 12.2 Å². The maximum Gasteiger partial charge on any atom is 0.341 e. The van der Waals surface area contributed by atoms with Crippen LogP contribution in [0.25, 0.3) is 0 Å². The van der Waals surface area contributed by atoms with Crippen molar-refractivity contribution in [3.63, 3.8) is 0 Å². The molecule has 1 aromatic heterocycles. The van der Waals surface area contributed by atoms with Gasteiger partial charge >= 0.3 is 5.97 Å². The van der Waals surface area contributed by atoms with E-state index in [0.717, 1.165) is 30.9 Å². The van der Waals surface area contributed by atoms with Gasteiger partial charge in [-0.1, -0.05) is 12.5 Å². The SMILES string of the molecule is CCOC(=O)c1cnc(CC2(c3ccc(F)c(F)c3)CCC2)nc1. The third-order valence-corrected chi connectivity index (χ3v) is 4.56. The standard InChI is InChI=1S/C18H18F2N2O2/c1-2-24-17(23)12-10-21-16(22-11-12)9-18(6-3-7-18)13-4-5-14(19)15(20)8-13/h4-5,8,10-11H,2-3,6-7,9H2,1H3. The zero-order valence-corrected chi connectivity index (χ0v) is 13.4. The van der Waals surface area contributed by atoms with Gasteiger partial charge in [-0.25, -0.2) is 23.5 Å². The Kier molecular flexibility index (Phi) is 4.55. The van der Waals surface area contributed by atoms with Crippen molar-refractivity contribution in [2.75, 3.05) is 6.61 Å². The van der Waals surface area contributed by atoms with Crippen molar-refractivity contribution >= 4 is 5.97 Å². The lowest BCUT2D eigenvalue weighted by Crippen LogP contribution is -2.37. The number of halogens is 2. The normalized spacial score (nSPS) is 15.6. The summed E-state index contributed by atoms with van der Waals surface area (Å²) in [6, 6.07) is 4.06. The number of ether oxygens (including phenoxy) is 1. The topological polar surface area (TPSA) is 52.1 Å². The molecule has 0 atom stereocenters. The van der Waals surface area contributed by atoms with Crippen LogP contribution < -0.4 is 0 Å². The van der Waals surface area contributed by atoms with Gasteiger partial charge in [-0.3, -0.25) is 0 Å². The molecule has 0 spiro atoms. The molecule has 0 bridgehead atoms. The number of esters is 1. The quantitative estimate of drug-likeness (QED) is 0.785. The van der Waals surface area contributed by atoms with Gasteiger partial charge in [-0.05, 0) is 37.5 Å². The van der Waals surface area contributed by atoms with Gasteiger partial charge in [0.1, 0.15) is 5.82 Å². The van der Waals surface area contributed by atoms with Gasteiger partial charge in [-0.15, -0.1) is 0 Å². The predicted octanol–water partition coefficient (Wildman–Crippen LogP) is 3.60. The van der Waals surface area contributed by atoms with E-state index in [-0.39, 0.29) is 5.41 Å². The van der Waals surface area contributed by atoms with Crippen LogP contribution >= 0.6 is 0 Å². The fraction of sp³-hybridized carbons (Fsp3) is 0.389. The van der Waals surface area contributed by atoms with Crippen LogP contribution in [0.2, 0.25) is 0 Å². The lowest BCUT2D eigenvalue weighted by molar-refractivity contribution is 0.0525. The molecule has 1 fully saturated rings. The summed E-state index contributed by atoms with van der Waals surface area (Å²) in [7, 11) is 0. The molecule has 0 N–H and O–H groups in total. The summed E-state index contributed by atoms with van der Waals surface area (Å²) in [5.41, 5.74) is 0.807. The Morgan fingerprint density at radius 1 is 1.21 bits per heavy atom. The number of hydrogen-bond donors (Lipinski definition) is 0. The highest BCUT2D eigenvalue weighted by molar-refractivity contribution is 5.88. The Morgan fingerprint density at radius 3 is 2.46 bits per heavy atom. The number of carbonyl (C=O) groups excluding carboxylic acids is 1. The van der Waals surface area contributed by atoms with Crippen molar-refractivity contribution in [1.82, 2.24) is 9.97 Å². The second-order valence-corrected chi connectivity index (χ2v) is 6.05. The third-order valence-electron chi connectivity index (χ3n) is 4.56. The highest BCUT2D eigenvalue weighted by atomic mass is 19.2. The summed E-state index contributed by atoms with van der Waals surface area (Å²) in [5, 5.41) is 0. The zero-order valence-electron chi connectivity index (χ0n) is 13.4. The fourth-order valence-corrected chi connectivity index (χ4v) is 3.07. The molecule has 126 valence electrons. The summed E-state index contributed by atoms with van der Waals surface area (Å²) in [6.07, 6.45) is 6.19. The van der Waals surface area contributed by atoms with Crippen molar-refractivity contribution in [3.8, 4) is 0 Å². The molecule has 24 heavy (non-hydrogen) atoms. The van der Waals surface area contributed by atoms with Crippen molar-refractivity contribution in [2.45, 2.75) is 38.0 Å². The monoisotopic (exact) mass is 332 g/mol. The Balaban J connectivity index is 1.80. The average Bonchev–Trinajstić information content (AvgIpc) is 2.54. The molecule has 3 rings (SSSR count). The number of nitrogens with zero attached hydrogens (tertiary/aromatic N) is 2. The molecule has 1 aliphatic carbocycles. The van der Waals surface area contributed by atoms with Crippen LogP contribution in [0.1, 0.15) is 47.9 Å². The molecule has 0 unspecified atom stereocenters. The first-order chi connectivity index (χ1) is 11.5. The van der Waals surface area contributed by atoms with Gasteiger partial charge in [0, 0.05) is 24.2 Å². The molecule has 1 heterocycles. The van der Waals surface area contributed by atoms with E-state index in [1.165, 1.54) is 18.5 Å². The third kappa shape index (κ3) is 3.13. The van der Waals surface area contributed by atoms with Gasteiger partial charge in [0.25, 0.3) is 0 Å². The zero-order chi connectivity index (χ0) is 17.2. The summed E-state index contributed by atoms with van der Waals surface area (Å²) in [6.45, 7) is 2.02. The minimum absolute atomic E-state index is 0.264. The molecular formula is C18H18F2N2O2. The van der Waals surface area contributed by atoms with Crippen molar-refractivity contribution in [3.05, 3.63) is 59.2 Å². The number of rotatable bonds is 5. The van der Waals surface area contributed by atoms with Crippen LogP contribution in [0, 0.1) is 11.6 Å². The number of benzene rings is 1. The Bertz CT molecular complexity index is 743. The van der Waals surface area contributed by atoms with Gasteiger partial charge in [0.15, 0.2) is 11.6 Å². The maximum absolute atomic E-state index is 13.6. The van der Waals surface area contributed by atoms with E-state index in [9.17, 15) is 13.6 Å². The van der Waals surface area contributed by atoms with E-state index in [2.05, 4.69) is 9.97 Å². The molecule has 6 heteroatoms. The fourth-order valence-electron chi connectivity index (χ4n) is 3.07. The van der Waals surface area contributed by atoms with Crippen molar-refractivity contribution in [2.24, 2.45) is 0 Å². The molecule has 0 saturated heterocycles. The van der Waals surface area contributed by atoms with Gasteiger partial charge in [0.2, 0.25) is 0 Å². The van der Waals surface area contributed by atoms with Crippen molar-refractivity contribution in [1.29, 1.82) is 0 Å². The highest BCUT2D eigenvalue weighted by Gasteiger charge is 2.40. The smallest absolute Gasteiger partial charge is 0.341 e. The van der Waals surface area contributed by atoms with Crippen LogP contribution in [-0.2, 0) is 16.6 Å². The second-order valence-electron chi connectivity index (χ2n) is 6.05. The van der Waals surface area contributed by atoms with Gasteiger partial charge in [-0.2, -0.15) is 0 Å². The van der Waals surface area contributed by atoms with E-state index >= 15 is 0 Å².